The Morgan fingerprint density at radius 2 is 1.73 bits per heavy atom. The predicted octanol–water partition coefficient (Wildman–Crippen LogP) is 3.98. The van der Waals surface area contributed by atoms with Gasteiger partial charge in [-0.25, -0.2) is 4.79 Å². The molecule has 0 saturated heterocycles. The van der Waals surface area contributed by atoms with Gasteiger partial charge in [0.05, 0.1) is 19.8 Å². The molecule has 22 heavy (non-hydrogen) atoms. The maximum atomic E-state index is 11.4. The van der Waals surface area contributed by atoms with Crippen LogP contribution in [-0.4, -0.2) is 12.6 Å². The van der Waals surface area contributed by atoms with E-state index in [-0.39, 0.29) is 5.97 Å². The van der Waals surface area contributed by atoms with Crippen molar-refractivity contribution in [2.45, 2.75) is 20.1 Å². The third kappa shape index (κ3) is 5.19. The topological polar surface area (TPSA) is 35.5 Å². The van der Waals surface area contributed by atoms with Gasteiger partial charge in [-0.15, -0.1) is 0 Å². The van der Waals surface area contributed by atoms with E-state index in [2.05, 4.69) is 0 Å². The monoisotopic (exact) mass is 296 g/mol. The highest BCUT2D eigenvalue weighted by atomic mass is 16.5. The molecule has 0 saturated carbocycles. The number of carbonyl (C=O) groups excluding carboxylic acids is 1. The van der Waals surface area contributed by atoms with Crippen LogP contribution in [0.5, 0.6) is 0 Å². The van der Waals surface area contributed by atoms with Gasteiger partial charge in [-0.3, -0.25) is 0 Å². The molecule has 0 unspecified atom stereocenters. The molecule has 0 radical (unpaired) electrons. The Kier molecular flexibility index (Phi) is 6.39. The lowest BCUT2D eigenvalue weighted by molar-refractivity contribution is -0.137. The largest absolute Gasteiger partial charge is 0.463 e. The van der Waals surface area contributed by atoms with Gasteiger partial charge in [0.15, 0.2) is 0 Å². The maximum Gasteiger partial charge on any atom is 0.330 e. The molecule has 114 valence electrons. The van der Waals surface area contributed by atoms with Crippen LogP contribution in [0.4, 0.5) is 0 Å². The molecular weight excluding hydrogens is 276 g/mol. The molecule has 0 aliphatic heterocycles. The Balaban J connectivity index is 1.95. The molecule has 0 atom stereocenters. The molecule has 0 aliphatic rings. The van der Waals surface area contributed by atoms with Crippen molar-refractivity contribution in [3.63, 3.8) is 0 Å². The number of benzene rings is 2. The summed E-state index contributed by atoms with van der Waals surface area (Å²) in [5.41, 5.74) is 3.14. The van der Waals surface area contributed by atoms with Crippen molar-refractivity contribution in [2.24, 2.45) is 0 Å². The molecule has 0 aromatic heterocycles. The summed E-state index contributed by atoms with van der Waals surface area (Å²) >= 11 is 0. The predicted molar refractivity (Wildman–Crippen MR) is 87.0 cm³/mol. The van der Waals surface area contributed by atoms with Crippen LogP contribution in [-0.2, 0) is 27.5 Å². The van der Waals surface area contributed by atoms with Crippen LogP contribution in [0.25, 0.3) is 6.08 Å². The highest BCUT2D eigenvalue weighted by Crippen LogP contribution is 2.13. The van der Waals surface area contributed by atoms with Crippen molar-refractivity contribution in [1.29, 1.82) is 0 Å². The first-order chi connectivity index (χ1) is 10.8. The lowest BCUT2D eigenvalue weighted by atomic mass is 10.1. The van der Waals surface area contributed by atoms with Crippen LogP contribution >= 0.6 is 0 Å². The Bertz CT molecular complexity index is 618. The van der Waals surface area contributed by atoms with Gasteiger partial charge in [0, 0.05) is 6.08 Å². The minimum Gasteiger partial charge on any atom is -0.463 e. The molecule has 0 bridgehead atoms. The molecule has 0 spiro atoms. The van der Waals surface area contributed by atoms with Gasteiger partial charge in [0.25, 0.3) is 0 Å². The number of hydrogen-bond acceptors (Lipinski definition) is 3. The van der Waals surface area contributed by atoms with Gasteiger partial charge in [-0.2, -0.15) is 0 Å². The molecule has 2 aromatic rings. The number of ether oxygens (including phenoxy) is 2. The van der Waals surface area contributed by atoms with Crippen LogP contribution in [0, 0.1) is 0 Å². The van der Waals surface area contributed by atoms with Gasteiger partial charge >= 0.3 is 5.97 Å². The van der Waals surface area contributed by atoms with Crippen molar-refractivity contribution < 1.29 is 14.3 Å². The first-order valence-corrected chi connectivity index (χ1v) is 7.34. The van der Waals surface area contributed by atoms with E-state index in [0.29, 0.717) is 19.8 Å². The highest BCUT2D eigenvalue weighted by molar-refractivity contribution is 5.87. The Morgan fingerprint density at radius 1 is 1.00 bits per heavy atom. The van der Waals surface area contributed by atoms with Crippen LogP contribution in [0.1, 0.15) is 23.6 Å². The Labute approximate surface area is 131 Å². The molecule has 3 heteroatoms. The lowest BCUT2D eigenvalue weighted by Crippen LogP contribution is -1.99. The smallest absolute Gasteiger partial charge is 0.330 e. The van der Waals surface area contributed by atoms with Gasteiger partial charge in [0.1, 0.15) is 0 Å². The van der Waals surface area contributed by atoms with Crippen molar-refractivity contribution in [2.75, 3.05) is 6.61 Å². The van der Waals surface area contributed by atoms with E-state index < -0.39 is 0 Å². The van der Waals surface area contributed by atoms with Crippen LogP contribution < -0.4 is 0 Å². The Hall–Kier alpha value is -2.39. The summed E-state index contributed by atoms with van der Waals surface area (Å²) < 4.78 is 10.6. The second-order valence-electron chi connectivity index (χ2n) is 4.76. The first kappa shape index (κ1) is 16.0. The third-order valence-electron chi connectivity index (χ3n) is 3.11. The van der Waals surface area contributed by atoms with E-state index in [4.69, 9.17) is 9.47 Å². The van der Waals surface area contributed by atoms with E-state index in [9.17, 15) is 4.79 Å². The fourth-order valence-electron chi connectivity index (χ4n) is 2.03. The molecule has 0 heterocycles. The Morgan fingerprint density at radius 3 is 2.50 bits per heavy atom. The first-order valence-electron chi connectivity index (χ1n) is 7.34. The number of esters is 1. The van der Waals surface area contributed by atoms with E-state index >= 15 is 0 Å². The molecule has 0 aliphatic carbocycles. The minimum absolute atomic E-state index is 0.331. The zero-order valence-corrected chi connectivity index (χ0v) is 12.7. The molecule has 2 rings (SSSR count). The quantitative estimate of drug-likeness (QED) is 0.572. The van der Waals surface area contributed by atoms with Gasteiger partial charge in [-0.05, 0) is 29.7 Å². The van der Waals surface area contributed by atoms with Gasteiger partial charge < -0.3 is 9.47 Å². The zero-order chi connectivity index (χ0) is 15.6. The number of rotatable bonds is 7. The van der Waals surface area contributed by atoms with E-state index in [1.165, 1.54) is 6.08 Å². The average Bonchev–Trinajstić information content (AvgIpc) is 2.55. The van der Waals surface area contributed by atoms with Crippen LogP contribution in [0.15, 0.2) is 60.7 Å². The third-order valence-corrected chi connectivity index (χ3v) is 3.11. The van der Waals surface area contributed by atoms with Crippen LogP contribution in [0.3, 0.4) is 0 Å². The number of hydrogen-bond donors (Lipinski definition) is 0. The van der Waals surface area contributed by atoms with Crippen molar-refractivity contribution in [1.82, 2.24) is 0 Å². The summed E-state index contributed by atoms with van der Waals surface area (Å²) in [5, 5.41) is 0. The van der Waals surface area contributed by atoms with Crippen molar-refractivity contribution in [3.8, 4) is 0 Å². The average molecular weight is 296 g/mol. The summed E-state index contributed by atoms with van der Waals surface area (Å²) in [6.07, 6.45) is 3.21. The number of carbonyl (C=O) groups is 1. The summed E-state index contributed by atoms with van der Waals surface area (Å²) in [4.78, 5) is 11.4. The second kappa shape index (κ2) is 8.80. The SMILES string of the molecule is CCOC(=O)/C=C/c1ccccc1COCc1ccccc1. The molecular formula is C19H20O3. The summed E-state index contributed by atoms with van der Waals surface area (Å²) in [6.45, 7) is 3.23. The van der Waals surface area contributed by atoms with E-state index in [1.807, 2.05) is 54.6 Å². The molecule has 0 N–H and O–H groups in total. The van der Waals surface area contributed by atoms with Crippen LogP contribution in [0.2, 0.25) is 0 Å². The normalized spacial score (nSPS) is 10.8. The zero-order valence-electron chi connectivity index (χ0n) is 12.7. The van der Waals surface area contributed by atoms with E-state index in [0.717, 1.165) is 16.7 Å². The fraction of sp³-hybridized carbons (Fsp3) is 0.211. The summed E-state index contributed by atoms with van der Waals surface area (Å²) in [5.74, 6) is -0.331. The van der Waals surface area contributed by atoms with Crippen molar-refractivity contribution >= 4 is 12.0 Å². The summed E-state index contributed by atoms with van der Waals surface area (Å²) in [7, 11) is 0. The molecule has 0 fully saturated rings. The van der Waals surface area contributed by atoms with Gasteiger partial charge in [0.2, 0.25) is 0 Å². The van der Waals surface area contributed by atoms with Crippen molar-refractivity contribution in [3.05, 3.63) is 77.4 Å². The standard InChI is InChI=1S/C19H20O3/c1-2-22-19(20)13-12-17-10-6-7-11-18(17)15-21-14-16-8-4-3-5-9-16/h3-13H,2,14-15H2,1H3/b13-12+. The summed E-state index contributed by atoms with van der Waals surface area (Å²) in [6, 6.07) is 17.9. The second-order valence-corrected chi connectivity index (χ2v) is 4.76. The highest BCUT2D eigenvalue weighted by Gasteiger charge is 2.01. The van der Waals surface area contributed by atoms with E-state index in [1.54, 1.807) is 13.0 Å². The minimum atomic E-state index is -0.331. The lowest BCUT2D eigenvalue weighted by Gasteiger charge is -2.07. The molecule has 3 nitrogen and oxygen atoms in total. The van der Waals surface area contributed by atoms with Gasteiger partial charge in [-0.1, -0.05) is 54.6 Å². The molecule has 0 amide bonds. The fourth-order valence-corrected chi connectivity index (χ4v) is 2.03. The molecule has 2 aromatic carbocycles. The maximum absolute atomic E-state index is 11.4.